The number of fused-ring (bicyclic) bond motifs is 3. The fourth-order valence-corrected chi connectivity index (χ4v) is 4.57. The maximum atomic E-state index is 14.5. The van der Waals surface area contributed by atoms with Gasteiger partial charge in [0.05, 0.1) is 29.4 Å². The van der Waals surface area contributed by atoms with Crippen molar-refractivity contribution in [3.8, 4) is 5.95 Å². The Labute approximate surface area is 183 Å². The molecule has 2 unspecified atom stereocenters. The van der Waals surface area contributed by atoms with E-state index in [1.54, 1.807) is 0 Å². The molecular weight excluding hydrogens is 437 g/mol. The van der Waals surface area contributed by atoms with Crippen molar-refractivity contribution in [2.45, 2.75) is 25.0 Å². The molecule has 0 amide bonds. The van der Waals surface area contributed by atoms with E-state index in [1.807, 2.05) is 0 Å². The number of benzene rings is 2. The number of aromatic amines is 1. The number of aromatic nitrogens is 6. The van der Waals surface area contributed by atoms with Crippen molar-refractivity contribution in [1.82, 2.24) is 29.1 Å². The first kappa shape index (κ1) is 19.7. The lowest BCUT2D eigenvalue weighted by molar-refractivity contribution is 0.142. The summed E-state index contributed by atoms with van der Waals surface area (Å²) in [6.07, 6.45) is 2.20. The molecule has 33 heavy (non-hydrogen) atoms. The zero-order valence-electron chi connectivity index (χ0n) is 16.8. The number of hydrogen-bond donors (Lipinski definition) is 2. The van der Waals surface area contributed by atoms with Crippen molar-refractivity contribution in [3.05, 3.63) is 81.9 Å². The molecule has 3 heterocycles. The van der Waals surface area contributed by atoms with Crippen LogP contribution in [0, 0.1) is 17.5 Å². The highest BCUT2D eigenvalue weighted by Crippen LogP contribution is 2.40. The predicted octanol–water partition coefficient (Wildman–Crippen LogP) is 3.29. The van der Waals surface area contributed by atoms with E-state index in [-0.39, 0.29) is 35.6 Å². The van der Waals surface area contributed by atoms with Crippen LogP contribution in [0.3, 0.4) is 0 Å². The quantitative estimate of drug-likeness (QED) is 0.428. The van der Waals surface area contributed by atoms with Gasteiger partial charge < -0.3 is 10.1 Å². The van der Waals surface area contributed by atoms with Gasteiger partial charge in [-0.1, -0.05) is 0 Å². The number of halogens is 3. The smallest absolute Gasteiger partial charge is 0.328 e. The summed E-state index contributed by atoms with van der Waals surface area (Å²) in [6.45, 7) is 0. The van der Waals surface area contributed by atoms with Gasteiger partial charge in [-0.15, -0.1) is 0 Å². The Morgan fingerprint density at radius 2 is 1.91 bits per heavy atom. The number of aliphatic hydroxyl groups excluding tert-OH is 1. The van der Waals surface area contributed by atoms with Crippen LogP contribution >= 0.6 is 0 Å². The van der Waals surface area contributed by atoms with Crippen LogP contribution in [-0.2, 0) is 0 Å². The molecule has 2 N–H and O–H groups in total. The number of H-pyrrole nitrogens is 1. The number of imidazole rings is 2. The van der Waals surface area contributed by atoms with Crippen LogP contribution in [0.15, 0.2) is 47.7 Å². The van der Waals surface area contributed by atoms with Gasteiger partial charge in [0.25, 0.3) is 0 Å². The normalized spacial score (nSPS) is 18.2. The Balaban J connectivity index is 1.57. The van der Waals surface area contributed by atoms with Gasteiger partial charge in [-0.2, -0.15) is 4.98 Å². The molecule has 5 aromatic rings. The Morgan fingerprint density at radius 1 is 1.06 bits per heavy atom. The predicted molar refractivity (Wildman–Crippen MR) is 111 cm³/mol. The molecule has 3 aromatic heterocycles. The van der Waals surface area contributed by atoms with Crippen molar-refractivity contribution in [3.63, 3.8) is 0 Å². The van der Waals surface area contributed by atoms with E-state index in [1.165, 1.54) is 39.9 Å². The Kier molecular flexibility index (Phi) is 4.18. The van der Waals surface area contributed by atoms with Crippen LogP contribution < -0.4 is 5.69 Å². The van der Waals surface area contributed by atoms with Gasteiger partial charge in [0.15, 0.2) is 5.65 Å². The van der Waals surface area contributed by atoms with Gasteiger partial charge in [0.2, 0.25) is 5.95 Å². The minimum absolute atomic E-state index is 0.0285. The third kappa shape index (κ3) is 2.96. The summed E-state index contributed by atoms with van der Waals surface area (Å²) in [4.78, 5) is 28.5. The molecule has 0 fully saturated rings. The maximum Gasteiger partial charge on any atom is 0.328 e. The topological polar surface area (TPSA) is 102 Å². The highest BCUT2D eigenvalue weighted by molar-refractivity contribution is 5.77. The van der Waals surface area contributed by atoms with E-state index < -0.39 is 35.3 Å². The van der Waals surface area contributed by atoms with E-state index >= 15 is 0 Å². The van der Waals surface area contributed by atoms with Crippen LogP contribution in [-0.4, -0.2) is 34.2 Å². The molecule has 2 atom stereocenters. The second-order valence-electron chi connectivity index (χ2n) is 7.95. The summed E-state index contributed by atoms with van der Waals surface area (Å²) in [7, 11) is 0. The highest BCUT2D eigenvalue weighted by Gasteiger charge is 2.33. The molecule has 166 valence electrons. The van der Waals surface area contributed by atoms with Gasteiger partial charge in [0, 0.05) is 17.7 Å². The molecular formula is C22H15F3N6O2. The van der Waals surface area contributed by atoms with Crippen molar-refractivity contribution in [2.24, 2.45) is 0 Å². The van der Waals surface area contributed by atoms with Crippen LogP contribution in [0.5, 0.6) is 0 Å². The van der Waals surface area contributed by atoms with Crippen LogP contribution in [0.25, 0.3) is 28.1 Å². The van der Waals surface area contributed by atoms with E-state index in [9.17, 15) is 23.1 Å². The fourth-order valence-electron chi connectivity index (χ4n) is 4.57. The molecule has 2 aromatic carbocycles. The number of hydrogen-bond acceptors (Lipinski definition) is 5. The fraction of sp³-hybridized carbons (Fsp3) is 0.182. The summed E-state index contributed by atoms with van der Waals surface area (Å²) in [5.74, 6) is -1.98. The molecule has 0 aliphatic heterocycles. The monoisotopic (exact) mass is 452 g/mol. The summed E-state index contributed by atoms with van der Waals surface area (Å²) in [6, 6.07) is 5.20. The Morgan fingerprint density at radius 3 is 2.76 bits per heavy atom. The molecule has 0 saturated carbocycles. The lowest BCUT2D eigenvalue weighted by Crippen LogP contribution is -2.28. The first-order chi connectivity index (χ1) is 15.9. The third-order valence-corrected chi connectivity index (χ3v) is 6.01. The van der Waals surface area contributed by atoms with E-state index in [0.717, 1.165) is 6.07 Å². The minimum atomic E-state index is -1.10. The first-order valence-electron chi connectivity index (χ1n) is 10.2. The average Bonchev–Trinajstić information content (AvgIpc) is 3.33. The van der Waals surface area contributed by atoms with Gasteiger partial charge in [-0.05, 0) is 36.6 Å². The Hall–Kier alpha value is -3.99. The van der Waals surface area contributed by atoms with Crippen LogP contribution in [0.4, 0.5) is 13.2 Å². The van der Waals surface area contributed by atoms with Crippen molar-refractivity contribution < 1.29 is 18.3 Å². The second-order valence-corrected chi connectivity index (χ2v) is 7.95. The second kappa shape index (κ2) is 7.01. The molecule has 1 aliphatic rings. The number of aliphatic hydroxyl groups is 1. The van der Waals surface area contributed by atoms with E-state index in [4.69, 9.17) is 0 Å². The van der Waals surface area contributed by atoms with Gasteiger partial charge >= 0.3 is 5.69 Å². The van der Waals surface area contributed by atoms with Crippen molar-refractivity contribution >= 4 is 22.2 Å². The molecule has 0 bridgehead atoms. The van der Waals surface area contributed by atoms with Crippen LogP contribution in [0.2, 0.25) is 0 Å². The summed E-state index contributed by atoms with van der Waals surface area (Å²) >= 11 is 0. The number of nitrogens with zero attached hydrogens (tertiary/aromatic N) is 5. The summed E-state index contributed by atoms with van der Waals surface area (Å²) < 4.78 is 45.1. The molecule has 1 aliphatic carbocycles. The van der Waals surface area contributed by atoms with Crippen molar-refractivity contribution in [1.29, 1.82) is 0 Å². The first-order valence-corrected chi connectivity index (χ1v) is 10.2. The number of nitrogens with one attached hydrogen (secondary N) is 1. The van der Waals surface area contributed by atoms with Gasteiger partial charge in [0.1, 0.15) is 29.3 Å². The molecule has 0 saturated heterocycles. The Bertz CT molecular complexity index is 1620. The zero-order chi connectivity index (χ0) is 22.9. The van der Waals surface area contributed by atoms with Gasteiger partial charge in [-0.3, -0.25) is 9.13 Å². The number of rotatable bonds is 2. The molecule has 8 nitrogen and oxygen atoms in total. The lowest BCUT2D eigenvalue weighted by Gasteiger charge is -2.29. The standard InChI is InChI=1S/C22H15F3N6O2/c23-10-1-2-14-17(7-10)30(9-27-14)21-26-8-15-20(29-21)31(22(33)28-15)16-3-4-18(32)19-12(16)5-11(24)6-13(19)25/h1-2,5-9,16,18,32H,3-4H2,(H,28,33). The highest BCUT2D eigenvalue weighted by atomic mass is 19.1. The summed E-state index contributed by atoms with van der Waals surface area (Å²) in [5.41, 5.74) is 1.13. The third-order valence-electron chi connectivity index (χ3n) is 6.01. The minimum Gasteiger partial charge on any atom is -0.388 e. The molecule has 0 spiro atoms. The van der Waals surface area contributed by atoms with Gasteiger partial charge in [-0.25, -0.2) is 27.9 Å². The molecule has 11 heteroatoms. The molecule has 0 radical (unpaired) electrons. The lowest BCUT2D eigenvalue weighted by atomic mass is 9.85. The summed E-state index contributed by atoms with van der Waals surface area (Å²) in [5, 5.41) is 10.3. The SMILES string of the molecule is O=c1[nH]c2cnc(-n3cnc4ccc(F)cc43)nc2n1C1CCC(O)c2c(F)cc(F)cc21. The van der Waals surface area contributed by atoms with E-state index in [0.29, 0.717) is 22.6 Å². The average molecular weight is 452 g/mol. The molecule has 6 rings (SSSR count). The zero-order valence-corrected chi connectivity index (χ0v) is 16.8. The van der Waals surface area contributed by atoms with Crippen LogP contribution in [0.1, 0.15) is 36.1 Å². The van der Waals surface area contributed by atoms with E-state index in [2.05, 4.69) is 19.9 Å². The largest absolute Gasteiger partial charge is 0.388 e. The van der Waals surface area contributed by atoms with Crippen molar-refractivity contribution in [2.75, 3.05) is 0 Å². The maximum absolute atomic E-state index is 14.5.